The molecule has 22 heavy (non-hydrogen) atoms. The van der Waals surface area contributed by atoms with Gasteiger partial charge in [0.2, 0.25) is 0 Å². The summed E-state index contributed by atoms with van der Waals surface area (Å²) in [5.74, 6) is -0.916. The molecule has 0 saturated heterocycles. The van der Waals surface area contributed by atoms with Crippen LogP contribution in [0.3, 0.4) is 0 Å². The second kappa shape index (κ2) is 6.67. The average Bonchev–Trinajstić information content (AvgIpc) is 2.95. The van der Waals surface area contributed by atoms with E-state index in [2.05, 4.69) is 11.4 Å². The maximum Gasteiger partial charge on any atom is 0.259 e. The lowest BCUT2D eigenvalue weighted by molar-refractivity contribution is -0.124. The van der Waals surface area contributed by atoms with Gasteiger partial charge in [0.25, 0.3) is 11.8 Å². The molecule has 0 radical (unpaired) electrons. The molecule has 1 aromatic carbocycles. The fourth-order valence-electron chi connectivity index (χ4n) is 2.51. The Labute approximate surface area is 133 Å². The minimum atomic E-state index is -0.799. The molecule has 6 nitrogen and oxygen atoms in total. The molecule has 0 bridgehead atoms. The van der Waals surface area contributed by atoms with Crippen molar-refractivity contribution in [3.8, 4) is 11.8 Å². The highest BCUT2D eigenvalue weighted by Crippen LogP contribution is 2.29. The molecule has 0 atom stereocenters. The van der Waals surface area contributed by atoms with Crippen LogP contribution in [-0.2, 0) is 4.79 Å². The number of primary amides is 1. The molecule has 1 aromatic rings. The normalized spacial score (nSPS) is 15.8. The Hall–Kier alpha value is -2.26. The summed E-state index contributed by atoms with van der Waals surface area (Å²) >= 11 is 5.80. The van der Waals surface area contributed by atoms with E-state index in [0.29, 0.717) is 17.9 Å². The van der Waals surface area contributed by atoms with E-state index in [1.165, 1.54) is 18.2 Å². The molecule has 0 aliphatic heterocycles. The molecule has 3 N–H and O–H groups in total. The molecule has 7 heteroatoms. The lowest BCUT2D eigenvalue weighted by Gasteiger charge is -2.22. The van der Waals surface area contributed by atoms with Gasteiger partial charge >= 0.3 is 0 Å². The van der Waals surface area contributed by atoms with Crippen LogP contribution < -0.4 is 15.8 Å². The van der Waals surface area contributed by atoms with E-state index in [9.17, 15) is 14.9 Å². The molecular weight excluding hydrogens is 306 g/mol. The van der Waals surface area contributed by atoms with Gasteiger partial charge in [-0.25, -0.2) is 0 Å². The summed E-state index contributed by atoms with van der Waals surface area (Å²) in [7, 11) is 0. The van der Waals surface area contributed by atoms with E-state index in [0.717, 1.165) is 12.8 Å². The third kappa shape index (κ3) is 3.68. The number of halogens is 1. The van der Waals surface area contributed by atoms with Gasteiger partial charge in [0.05, 0.1) is 11.6 Å². The molecule has 1 aliphatic carbocycles. The largest absolute Gasteiger partial charge is 0.483 e. The van der Waals surface area contributed by atoms with Crippen molar-refractivity contribution in [2.24, 2.45) is 5.73 Å². The topological polar surface area (TPSA) is 105 Å². The standard InChI is InChI=1S/C15H16ClN3O3/c16-10-3-4-12(11(7-10)14(18)21)22-8-13(20)19-15(9-17)5-1-2-6-15/h3-4,7H,1-2,5-6,8H2,(H2,18,21)(H,19,20). The number of amides is 2. The molecule has 116 valence electrons. The van der Waals surface area contributed by atoms with Crippen LogP contribution in [-0.4, -0.2) is 24.0 Å². The summed E-state index contributed by atoms with van der Waals surface area (Å²) in [4.78, 5) is 23.3. The number of nitrogens with zero attached hydrogens (tertiary/aromatic N) is 1. The zero-order valence-electron chi connectivity index (χ0n) is 11.9. The van der Waals surface area contributed by atoms with Crippen LogP contribution in [0.5, 0.6) is 5.75 Å². The lowest BCUT2D eigenvalue weighted by atomic mass is 10.00. The first kappa shape index (κ1) is 16.1. The highest BCUT2D eigenvalue weighted by molar-refractivity contribution is 6.31. The van der Waals surface area contributed by atoms with E-state index in [1.807, 2.05) is 0 Å². The summed E-state index contributed by atoms with van der Waals surface area (Å²) in [6.07, 6.45) is 3.11. The number of benzene rings is 1. The van der Waals surface area contributed by atoms with Gasteiger partial charge in [-0.1, -0.05) is 11.6 Å². The summed E-state index contributed by atoms with van der Waals surface area (Å²) in [5.41, 5.74) is 4.55. The number of hydrogen-bond acceptors (Lipinski definition) is 4. The lowest BCUT2D eigenvalue weighted by Crippen LogP contribution is -2.47. The van der Waals surface area contributed by atoms with Crippen LogP contribution in [0.15, 0.2) is 18.2 Å². The van der Waals surface area contributed by atoms with E-state index in [1.54, 1.807) is 0 Å². The molecule has 1 fully saturated rings. The van der Waals surface area contributed by atoms with Crippen molar-refractivity contribution in [1.29, 1.82) is 5.26 Å². The third-order valence-electron chi connectivity index (χ3n) is 3.62. The zero-order chi connectivity index (χ0) is 16.2. The number of ether oxygens (including phenoxy) is 1. The molecule has 0 aromatic heterocycles. The Morgan fingerprint density at radius 2 is 2.09 bits per heavy atom. The molecule has 2 amide bonds. The van der Waals surface area contributed by atoms with Gasteiger partial charge in [0.15, 0.2) is 6.61 Å². The second-order valence-electron chi connectivity index (χ2n) is 5.24. The monoisotopic (exact) mass is 321 g/mol. The van der Waals surface area contributed by atoms with E-state index < -0.39 is 17.4 Å². The third-order valence-corrected chi connectivity index (χ3v) is 3.85. The second-order valence-corrected chi connectivity index (χ2v) is 5.68. The van der Waals surface area contributed by atoms with Crippen LogP contribution in [0.2, 0.25) is 5.02 Å². The van der Waals surface area contributed by atoms with Crippen molar-refractivity contribution in [3.63, 3.8) is 0 Å². The van der Waals surface area contributed by atoms with Crippen molar-refractivity contribution < 1.29 is 14.3 Å². The Bertz CT molecular complexity index is 633. The molecule has 0 unspecified atom stereocenters. The van der Waals surface area contributed by atoms with Crippen molar-refractivity contribution in [2.75, 3.05) is 6.61 Å². The number of carbonyl (C=O) groups excluding carboxylic acids is 2. The number of hydrogen-bond donors (Lipinski definition) is 2. The fraction of sp³-hybridized carbons (Fsp3) is 0.400. The number of nitriles is 1. The van der Waals surface area contributed by atoms with E-state index in [-0.39, 0.29) is 17.9 Å². The summed E-state index contributed by atoms with van der Waals surface area (Å²) in [5, 5.41) is 12.3. The first-order valence-corrected chi connectivity index (χ1v) is 7.28. The Morgan fingerprint density at radius 3 is 2.68 bits per heavy atom. The first-order chi connectivity index (χ1) is 10.5. The number of rotatable bonds is 5. The van der Waals surface area contributed by atoms with Crippen LogP contribution in [0, 0.1) is 11.3 Å². The Balaban J connectivity index is 2.00. The molecule has 1 aliphatic rings. The maximum absolute atomic E-state index is 12.0. The van der Waals surface area contributed by atoms with Gasteiger partial charge in [-0.15, -0.1) is 0 Å². The molecule has 0 spiro atoms. The van der Waals surface area contributed by atoms with Crippen LogP contribution in [0.25, 0.3) is 0 Å². The average molecular weight is 322 g/mol. The maximum atomic E-state index is 12.0. The van der Waals surface area contributed by atoms with E-state index in [4.69, 9.17) is 22.1 Å². The van der Waals surface area contributed by atoms with Crippen molar-refractivity contribution in [2.45, 2.75) is 31.2 Å². The van der Waals surface area contributed by atoms with Crippen LogP contribution in [0.1, 0.15) is 36.0 Å². The number of nitrogens with two attached hydrogens (primary N) is 1. The fourth-order valence-corrected chi connectivity index (χ4v) is 2.68. The molecule has 0 heterocycles. The SMILES string of the molecule is N#CC1(NC(=O)COc2ccc(Cl)cc2C(N)=O)CCCC1. The van der Waals surface area contributed by atoms with Crippen molar-refractivity contribution in [1.82, 2.24) is 5.32 Å². The molecule has 2 rings (SSSR count). The van der Waals surface area contributed by atoms with Gasteiger partial charge in [0.1, 0.15) is 11.3 Å². The predicted octanol–water partition coefficient (Wildman–Crippen LogP) is 1.77. The van der Waals surface area contributed by atoms with Gasteiger partial charge in [-0.3, -0.25) is 9.59 Å². The Kier molecular flexibility index (Phi) is 4.88. The van der Waals surface area contributed by atoms with Gasteiger partial charge < -0.3 is 15.8 Å². The highest BCUT2D eigenvalue weighted by Gasteiger charge is 2.35. The van der Waals surface area contributed by atoms with Crippen LogP contribution >= 0.6 is 11.6 Å². The molecule has 1 saturated carbocycles. The first-order valence-electron chi connectivity index (χ1n) is 6.90. The summed E-state index contributed by atoms with van der Waals surface area (Å²) < 4.78 is 5.33. The van der Waals surface area contributed by atoms with Crippen molar-refractivity contribution in [3.05, 3.63) is 28.8 Å². The smallest absolute Gasteiger partial charge is 0.259 e. The van der Waals surface area contributed by atoms with Crippen LogP contribution in [0.4, 0.5) is 0 Å². The number of nitrogens with one attached hydrogen (secondary N) is 1. The summed E-state index contributed by atoms with van der Waals surface area (Å²) in [6.45, 7) is -0.300. The van der Waals surface area contributed by atoms with Gasteiger partial charge in [-0.2, -0.15) is 5.26 Å². The number of carbonyl (C=O) groups is 2. The van der Waals surface area contributed by atoms with E-state index >= 15 is 0 Å². The van der Waals surface area contributed by atoms with Gasteiger partial charge in [-0.05, 0) is 43.9 Å². The van der Waals surface area contributed by atoms with Gasteiger partial charge in [0, 0.05) is 5.02 Å². The minimum Gasteiger partial charge on any atom is -0.483 e. The minimum absolute atomic E-state index is 0.108. The zero-order valence-corrected chi connectivity index (χ0v) is 12.7. The predicted molar refractivity (Wildman–Crippen MR) is 80.4 cm³/mol. The Morgan fingerprint density at radius 1 is 1.41 bits per heavy atom. The highest BCUT2D eigenvalue weighted by atomic mass is 35.5. The summed E-state index contributed by atoms with van der Waals surface area (Å²) in [6, 6.07) is 6.56. The van der Waals surface area contributed by atoms with Crippen molar-refractivity contribution >= 4 is 23.4 Å². The quantitative estimate of drug-likeness (QED) is 0.862. The molecular formula is C15H16ClN3O3.